The van der Waals surface area contributed by atoms with Crippen LogP contribution in [0.2, 0.25) is 10.2 Å². The molecular weight excluding hydrogens is 301 g/mol. The molecule has 0 spiro atoms. The van der Waals surface area contributed by atoms with E-state index in [9.17, 15) is 9.59 Å². The lowest BCUT2D eigenvalue weighted by atomic mass is 9.93. The fraction of sp³-hybridized carbons (Fsp3) is 0.462. The number of carbonyl (C=O) groups excluding carboxylic acids is 2. The Balaban J connectivity index is 1.97. The average molecular weight is 316 g/mol. The van der Waals surface area contributed by atoms with E-state index in [4.69, 9.17) is 28.9 Å². The van der Waals surface area contributed by atoms with Gasteiger partial charge in [0.25, 0.3) is 5.91 Å². The van der Waals surface area contributed by atoms with Crippen molar-refractivity contribution in [3.05, 3.63) is 28.0 Å². The lowest BCUT2D eigenvalue weighted by Gasteiger charge is -2.31. The maximum Gasteiger partial charge on any atom is 0.255 e. The summed E-state index contributed by atoms with van der Waals surface area (Å²) in [6, 6.07) is 1.52. The molecule has 2 amide bonds. The molecule has 1 aromatic heterocycles. The second-order valence-corrected chi connectivity index (χ2v) is 5.67. The number of nitrogens with zero attached hydrogens (tertiary/aromatic N) is 2. The second kappa shape index (κ2) is 6.41. The molecule has 1 aromatic rings. The minimum absolute atomic E-state index is 0.117. The van der Waals surface area contributed by atoms with E-state index in [0.717, 1.165) is 12.8 Å². The van der Waals surface area contributed by atoms with E-state index in [1.807, 2.05) is 0 Å². The normalized spacial score (nSPS) is 16.2. The van der Waals surface area contributed by atoms with Crippen molar-refractivity contribution in [3.63, 3.8) is 0 Å². The van der Waals surface area contributed by atoms with E-state index in [1.54, 1.807) is 4.90 Å². The Morgan fingerprint density at radius 3 is 2.55 bits per heavy atom. The number of piperidine rings is 1. The van der Waals surface area contributed by atoms with Gasteiger partial charge in [-0.2, -0.15) is 0 Å². The summed E-state index contributed by atoms with van der Waals surface area (Å²) in [5.74, 6) is -0.138. The van der Waals surface area contributed by atoms with E-state index in [1.165, 1.54) is 12.3 Å². The van der Waals surface area contributed by atoms with Crippen LogP contribution in [0.4, 0.5) is 0 Å². The zero-order valence-corrected chi connectivity index (χ0v) is 12.3. The molecule has 2 rings (SSSR count). The zero-order chi connectivity index (χ0) is 14.7. The number of primary amides is 1. The topological polar surface area (TPSA) is 76.3 Å². The van der Waals surface area contributed by atoms with E-state index in [-0.39, 0.29) is 27.9 Å². The van der Waals surface area contributed by atoms with Crippen molar-refractivity contribution in [3.8, 4) is 0 Å². The molecule has 1 aliphatic rings. The molecular formula is C13H15Cl2N3O2. The van der Waals surface area contributed by atoms with E-state index < -0.39 is 0 Å². The van der Waals surface area contributed by atoms with Crippen molar-refractivity contribution in [2.45, 2.75) is 19.3 Å². The Kier molecular flexibility index (Phi) is 4.83. The van der Waals surface area contributed by atoms with Gasteiger partial charge in [-0.15, -0.1) is 0 Å². The molecule has 108 valence electrons. The standard InChI is InChI=1S/C13H15Cl2N3O2/c14-10-6-9(7-17-12(10)15)13(20)18-3-1-8(2-4-18)5-11(16)19/h6-8H,1-5H2,(H2,16,19). The molecule has 0 radical (unpaired) electrons. The number of pyridine rings is 1. The molecule has 5 nitrogen and oxygen atoms in total. The van der Waals surface area contributed by atoms with Crippen LogP contribution in [0.5, 0.6) is 0 Å². The van der Waals surface area contributed by atoms with Crippen molar-refractivity contribution in [1.29, 1.82) is 0 Å². The smallest absolute Gasteiger partial charge is 0.255 e. The van der Waals surface area contributed by atoms with Crippen LogP contribution in [0.15, 0.2) is 12.3 Å². The number of amides is 2. The average Bonchev–Trinajstić information content (AvgIpc) is 2.41. The third-order valence-corrected chi connectivity index (χ3v) is 4.12. The fourth-order valence-electron chi connectivity index (χ4n) is 2.35. The van der Waals surface area contributed by atoms with Crippen LogP contribution in [0.3, 0.4) is 0 Å². The van der Waals surface area contributed by atoms with Gasteiger partial charge < -0.3 is 10.6 Å². The molecule has 0 atom stereocenters. The van der Waals surface area contributed by atoms with Crippen LogP contribution in [0, 0.1) is 5.92 Å². The monoisotopic (exact) mass is 315 g/mol. The molecule has 2 heterocycles. The molecule has 7 heteroatoms. The van der Waals surface area contributed by atoms with Crippen molar-refractivity contribution in [2.24, 2.45) is 11.7 Å². The largest absolute Gasteiger partial charge is 0.370 e. The van der Waals surface area contributed by atoms with Gasteiger partial charge in [-0.25, -0.2) is 4.98 Å². The first kappa shape index (κ1) is 15.1. The highest BCUT2D eigenvalue weighted by atomic mass is 35.5. The highest BCUT2D eigenvalue weighted by Crippen LogP contribution is 2.24. The summed E-state index contributed by atoms with van der Waals surface area (Å²) in [6.45, 7) is 1.22. The summed E-state index contributed by atoms with van der Waals surface area (Å²) in [5, 5.41) is 0.449. The summed E-state index contributed by atoms with van der Waals surface area (Å²) < 4.78 is 0. The maximum atomic E-state index is 12.3. The quantitative estimate of drug-likeness (QED) is 0.868. The van der Waals surface area contributed by atoms with Gasteiger partial charge in [-0.1, -0.05) is 23.2 Å². The number of likely N-dealkylation sites (tertiary alicyclic amines) is 1. The summed E-state index contributed by atoms with van der Waals surface area (Å²) in [5.41, 5.74) is 5.61. The van der Waals surface area contributed by atoms with Crippen LogP contribution in [0.1, 0.15) is 29.6 Å². The third kappa shape index (κ3) is 3.61. The second-order valence-electron chi connectivity index (χ2n) is 4.90. The van der Waals surface area contributed by atoms with Crippen LogP contribution in [-0.4, -0.2) is 34.8 Å². The number of aromatic nitrogens is 1. The number of halogens is 2. The molecule has 1 aliphatic heterocycles. The maximum absolute atomic E-state index is 12.3. The minimum Gasteiger partial charge on any atom is -0.370 e. The van der Waals surface area contributed by atoms with Crippen molar-refractivity contribution < 1.29 is 9.59 Å². The molecule has 0 unspecified atom stereocenters. The molecule has 0 aliphatic carbocycles. The number of nitrogens with two attached hydrogens (primary N) is 1. The number of rotatable bonds is 3. The first-order valence-corrected chi connectivity index (χ1v) is 7.11. The molecule has 0 aromatic carbocycles. The Bertz CT molecular complexity index is 528. The number of hydrogen-bond acceptors (Lipinski definition) is 3. The predicted octanol–water partition coefficient (Wildman–Crippen LogP) is 2.12. The first-order chi connectivity index (χ1) is 9.47. The number of carbonyl (C=O) groups is 2. The van der Waals surface area contributed by atoms with Gasteiger partial charge in [-0.3, -0.25) is 9.59 Å². The zero-order valence-electron chi connectivity index (χ0n) is 10.8. The van der Waals surface area contributed by atoms with Crippen LogP contribution < -0.4 is 5.73 Å². The number of hydrogen-bond donors (Lipinski definition) is 1. The van der Waals surface area contributed by atoms with E-state index in [0.29, 0.717) is 25.1 Å². The van der Waals surface area contributed by atoms with Crippen LogP contribution >= 0.6 is 23.2 Å². The summed E-state index contributed by atoms with van der Waals surface area (Å²) >= 11 is 11.6. The molecule has 0 saturated carbocycles. The van der Waals surface area contributed by atoms with Gasteiger partial charge in [0.2, 0.25) is 5.91 Å². The van der Waals surface area contributed by atoms with Crippen molar-refractivity contribution in [1.82, 2.24) is 9.88 Å². The SMILES string of the molecule is NC(=O)CC1CCN(C(=O)c2cnc(Cl)c(Cl)c2)CC1. The van der Waals surface area contributed by atoms with Crippen LogP contribution in [0.25, 0.3) is 0 Å². The molecule has 2 N–H and O–H groups in total. The first-order valence-electron chi connectivity index (χ1n) is 6.36. The van der Waals surface area contributed by atoms with Gasteiger partial charge >= 0.3 is 0 Å². The van der Waals surface area contributed by atoms with Gasteiger partial charge in [0.15, 0.2) is 0 Å². The molecule has 1 saturated heterocycles. The Labute approximate surface area is 127 Å². The van der Waals surface area contributed by atoms with Gasteiger partial charge in [-0.05, 0) is 24.8 Å². The molecule has 20 heavy (non-hydrogen) atoms. The van der Waals surface area contributed by atoms with Crippen molar-refractivity contribution in [2.75, 3.05) is 13.1 Å². The summed E-state index contributed by atoms with van der Waals surface area (Å²) in [7, 11) is 0. The lowest BCUT2D eigenvalue weighted by molar-refractivity contribution is -0.119. The van der Waals surface area contributed by atoms with E-state index >= 15 is 0 Å². The van der Waals surface area contributed by atoms with Crippen molar-refractivity contribution >= 4 is 35.0 Å². The van der Waals surface area contributed by atoms with Gasteiger partial charge in [0, 0.05) is 25.7 Å². The van der Waals surface area contributed by atoms with Crippen LogP contribution in [-0.2, 0) is 4.79 Å². The highest BCUT2D eigenvalue weighted by molar-refractivity contribution is 6.41. The molecule has 1 fully saturated rings. The molecule has 0 bridgehead atoms. The minimum atomic E-state index is -0.288. The Hall–Kier alpha value is -1.33. The predicted molar refractivity (Wildman–Crippen MR) is 76.7 cm³/mol. The lowest BCUT2D eigenvalue weighted by Crippen LogP contribution is -2.39. The summed E-state index contributed by atoms with van der Waals surface area (Å²) in [4.78, 5) is 28.8. The Morgan fingerprint density at radius 2 is 2.00 bits per heavy atom. The Morgan fingerprint density at radius 1 is 1.35 bits per heavy atom. The van der Waals surface area contributed by atoms with Gasteiger partial charge in [0.05, 0.1) is 10.6 Å². The highest BCUT2D eigenvalue weighted by Gasteiger charge is 2.25. The fourth-order valence-corrected chi connectivity index (χ4v) is 2.62. The van der Waals surface area contributed by atoms with E-state index in [2.05, 4.69) is 4.98 Å². The summed E-state index contributed by atoms with van der Waals surface area (Å²) in [6.07, 6.45) is 3.37. The van der Waals surface area contributed by atoms with Gasteiger partial charge in [0.1, 0.15) is 5.15 Å². The third-order valence-electron chi connectivity index (χ3n) is 3.43.